The highest BCUT2D eigenvalue weighted by atomic mass is 16.6. The summed E-state index contributed by atoms with van der Waals surface area (Å²) >= 11 is 0. The Labute approximate surface area is 73.7 Å². The summed E-state index contributed by atoms with van der Waals surface area (Å²) in [6, 6.07) is 0. The normalized spacial score (nSPS) is 23.8. The van der Waals surface area contributed by atoms with Crippen molar-refractivity contribution in [3.05, 3.63) is 0 Å². The molecule has 1 rings (SSSR count). The molecule has 1 fully saturated rings. The maximum atomic E-state index is 9.41. The van der Waals surface area contributed by atoms with E-state index in [0.29, 0.717) is 4.59 Å². The third kappa shape index (κ3) is 3.49. The number of aliphatic hydroxyl groups is 1. The number of nitrogens with one attached hydrogen (secondary N) is 1. The van der Waals surface area contributed by atoms with Crippen LogP contribution < -0.4 is 5.43 Å². The first kappa shape index (κ1) is 9.92. The molecular formula is C8H19N2O2+. The van der Waals surface area contributed by atoms with Crippen molar-refractivity contribution in [1.82, 2.24) is 5.43 Å². The Morgan fingerprint density at radius 3 is 2.25 bits per heavy atom. The third-order valence-electron chi connectivity index (χ3n) is 1.78. The van der Waals surface area contributed by atoms with Crippen LogP contribution in [0, 0.1) is 0 Å². The Balaban J connectivity index is 2.24. The lowest BCUT2D eigenvalue weighted by molar-refractivity contribution is -0.840. The van der Waals surface area contributed by atoms with E-state index >= 15 is 0 Å². The van der Waals surface area contributed by atoms with E-state index in [-0.39, 0.29) is 5.60 Å². The molecule has 4 heteroatoms. The van der Waals surface area contributed by atoms with E-state index < -0.39 is 6.41 Å². The Kier molecular flexibility index (Phi) is 2.45. The molecule has 0 aromatic carbocycles. The van der Waals surface area contributed by atoms with Crippen LogP contribution in [0.2, 0.25) is 0 Å². The molecule has 0 spiro atoms. The van der Waals surface area contributed by atoms with Gasteiger partial charge in [-0.1, -0.05) is 0 Å². The second-order valence-electron chi connectivity index (χ2n) is 4.55. The zero-order chi connectivity index (χ0) is 9.41. The van der Waals surface area contributed by atoms with Crippen LogP contribution in [0.4, 0.5) is 0 Å². The lowest BCUT2D eigenvalue weighted by Gasteiger charge is -2.25. The number of likely N-dealkylation sites (N-methyl/N-ethyl adjacent to an activating group) is 1. The van der Waals surface area contributed by atoms with E-state index in [2.05, 4.69) is 5.43 Å². The molecule has 4 nitrogen and oxygen atoms in total. The van der Waals surface area contributed by atoms with Crippen LogP contribution in [0.15, 0.2) is 0 Å². The second kappa shape index (κ2) is 2.96. The Hall–Kier alpha value is -0.160. The van der Waals surface area contributed by atoms with Crippen molar-refractivity contribution >= 4 is 0 Å². The number of aliphatic hydroxyl groups excluding tert-OH is 1. The van der Waals surface area contributed by atoms with Crippen LogP contribution >= 0.6 is 0 Å². The van der Waals surface area contributed by atoms with Crippen molar-refractivity contribution in [3.8, 4) is 0 Å². The molecule has 1 heterocycles. The summed E-state index contributed by atoms with van der Waals surface area (Å²) in [7, 11) is 2.02. The summed E-state index contributed by atoms with van der Waals surface area (Å²) in [5.41, 5.74) is 2.65. The van der Waals surface area contributed by atoms with E-state index in [9.17, 15) is 5.11 Å². The maximum absolute atomic E-state index is 9.41. The molecule has 0 bridgehead atoms. The summed E-state index contributed by atoms with van der Waals surface area (Å²) in [4.78, 5) is 0. The fraction of sp³-hybridized carbons (Fsp3) is 1.00. The number of quaternary nitrogens is 1. The van der Waals surface area contributed by atoms with E-state index in [1.807, 2.05) is 27.8 Å². The molecule has 0 saturated carbocycles. The quantitative estimate of drug-likeness (QED) is 0.361. The maximum Gasteiger partial charge on any atom is 0.257 e. The molecule has 1 atom stereocenters. The topological polar surface area (TPSA) is 41.5 Å². The summed E-state index contributed by atoms with van der Waals surface area (Å²) in [5, 5.41) is 9.41. The summed E-state index contributed by atoms with van der Waals surface area (Å²) in [5.74, 6) is 0. The predicted molar refractivity (Wildman–Crippen MR) is 45.9 cm³/mol. The molecule has 72 valence electrons. The number of ether oxygens (including phenoxy) is 1. The number of nitrogens with zero attached hydrogens (tertiary/aromatic N) is 1. The van der Waals surface area contributed by atoms with Crippen molar-refractivity contribution in [2.45, 2.75) is 32.8 Å². The average Bonchev–Trinajstić information content (AvgIpc) is 2.40. The van der Waals surface area contributed by atoms with Gasteiger partial charge in [-0.15, -0.1) is 5.43 Å². The Bertz CT molecular complexity index is 154. The van der Waals surface area contributed by atoms with Gasteiger partial charge < -0.3 is 9.84 Å². The van der Waals surface area contributed by atoms with Gasteiger partial charge in [-0.05, 0) is 20.8 Å². The fourth-order valence-electron chi connectivity index (χ4n) is 0.907. The van der Waals surface area contributed by atoms with E-state index in [1.165, 1.54) is 0 Å². The monoisotopic (exact) mass is 175 g/mol. The minimum atomic E-state index is -0.863. The van der Waals surface area contributed by atoms with Crippen molar-refractivity contribution in [3.63, 3.8) is 0 Å². The smallest absolute Gasteiger partial charge is 0.257 e. The van der Waals surface area contributed by atoms with Crippen molar-refractivity contribution < 1.29 is 14.4 Å². The van der Waals surface area contributed by atoms with Gasteiger partial charge >= 0.3 is 0 Å². The van der Waals surface area contributed by atoms with Crippen LogP contribution in [0.1, 0.15) is 20.8 Å². The number of hydrogen-bond acceptors (Lipinski definition) is 3. The van der Waals surface area contributed by atoms with E-state index in [0.717, 1.165) is 13.1 Å². The van der Waals surface area contributed by atoms with Gasteiger partial charge in [0.1, 0.15) is 13.1 Å². The predicted octanol–water partition coefficient (Wildman–Crippen LogP) is 0.0422. The highest BCUT2D eigenvalue weighted by Crippen LogP contribution is 2.14. The molecule has 0 aromatic heterocycles. The Morgan fingerprint density at radius 1 is 1.42 bits per heavy atom. The minimum absolute atomic E-state index is 0.304. The molecule has 1 aliphatic heterocycles. The molecule has 0 aliphatic carbocycles. The number of hydrogen-bond donors (Lipinski definition) is 2. The first-order valence-corrected chi connectivity index (χ1v) is 4.29. The van der Waals surface area contributed by atoms with Crippen LogP contribution in [-0.2, 0) is 4.74 Å². The molecular weight excluding hydrogens is 156 g/mol. The summed E-state index contributed by atoms with van der Waals surface area (Å²) in [6.45, 7) is 7.87. The lowest BCUT2D eigenvalue weighted by Crippen LogP contribution is -2.48. The van der Waals surface area contributed by atoms with Crippen molar-refractivity contribution in [2.24, 2.45) is 0 Å². The van der Waals surface area contributed by atoms with Gasteiger partial charge in [0.05, 0.1) is 12.6 Å². The van der Waals surface area contributed by atoms with Gasteiger partial charge in [0.25, 0.3) is 6.41 Å². The fourth-order valence-corrected chi connectivity index (χ4v) is 0.907. The Morgan fingerprint density at radius 2 is 1.92 bits per heavy atom. The first-order chi connectivity index (χ1) is 5.31. The van der Waals surface area contributed by atoms with Crippen LogP contribution in [0.5, 0.6) is 0 Å². The number of rotatable bonds is 3. The zero-order valence-corrected chi connectivity index (χ0v) is 8.29. The molecule has 0 aromatic rings. The summed E-state index contributed by atoms with van der Waals surface area (Å²) in [6.07, 6.45) is -0.863. The molecule has 12 heavy (non-hydrogen) atoms. The highest BCUT2D eigenvalue weighted by molar-refractivity contribution is 4.58. The van der Waals surface area contributed by atoms with Gasteiger partial charge in [0.2, 0.25) is 0 Å². The van der Waals surface area contributed by atoms with Crippen molar-refractivity contribution in [2.75, 3.05) is 20.1 Å². The van der Waals surface area contributed by atoms with E-state index in [4.69, 9.17) is 4.74 Å². The highest BCUT2D eigenvalue weighted by Gasteiger charge is 2.40. The standard InChI is InChI=1S/C8H19N2O2/c1-8(2,3)12-7(11)9-10(4)5-6-10/h7,9,11H,5-6H2,1-4H3/q+1/t7-/m1/s1. The third-order valence-corrected chi connectivity index (χ3v) is 1.78. The molecule has 1 aliphatic rings. The van der Waals surface area contributed by atoms with E-state index in [1.54, 1.807) is 0 Å². The molecule has 0 unspecified atom stereocenters. The zero-order valence-electron chi connectivity index (χ0n) is 8.29. The largest absolute Gasteiger partial charge is 0.352 e. The van der Waals surface area contributed by atoms with Crippen LogP contribution in [0.25, 0.3) is 0 Å². The SMILES string of the molecule is CC(C)(C)O[C@@H](O)N[N+]1(C)CC1. The molecule has 0 amide bonds. The molecule has 1 saturated heterocycles. The summed E-state index contributed by atoms with van der Waals surface area (Å²) < 4.78 is 5.99. The molecule has 0 radical (unpaired) electrons. The second-order valence-corrected chi connectivity index (χ2v) is 4.55. The van der Waals surface area contributed by atoms with Crippen LogP contribution in [0.3, 0.4) is 0 Å². The first-order valence-electron chi connectivity index (χ1n) is 4.29. The van der Waals surface area contributed by atoms with Crippen LogP contribution in [-0.4, -0.2) is 41.9 Å². The average molecular weight is 175 g/mol. The minimum Gasteiger partial charge on any atom is -0.352 e. The van der Waals surface area contributed by atoms with Gasteiger partial charge in [-0.25, -0.2) is 4.59 Å². The lowest BCUT2D eigenvalue weighted by atomic mass is 10.2. The molecule has 2 N–H and O–H groups in total. The van der Waals surface area contributed by atoms with Gasteiger partial charge in [0, 0.05) is 0 Å². The van der Waals surface area contributed by atoms with Gasteiger partial charge in [-0.3, -0.25) is 0 Å². The van der Waals surface area contributed by atoms with Crippen molar-refractivity contribution in [1.29, 1.82) is 0 Å². The van der Waals surface area contributed by atoms with Gasteiger partial charge in [0.15, 0.2) is 0 Å². The van der Waals surface area contributed by atoms with Gasteiger partial charge in [-0.2, -0.15) is 0 Å².